The maximum absolute atomic E-state index is 12.1. The van der Waals surface area contributed by atoms with Crippen LogP contribution in [-0.4, -0.2) is 28.6 Å². The van der Waals surface area contributed by atoms with Gasteiger partial charge in [-0.25, -0.2) is 0 Å². The number of alkyl halides is 3. The van der Waals surface area contributed by atoms with Crippen LogP contribution in [0.2, 0.25) is 0 Å². The maximum atomic E-state index is 12.1. The van der Waals surface area contributed by atoms with Crippen molar-refractivity contribution < 1.29 is 13.2 Å². The topological polar surface area (TPSA) is 55.0 Å². The van der Waals surface area contributed by atoms with Crippen LogP contribution in [0.25, 0.3) is 0 Å². The van der Waals surface area contributed by atoms with Gasteiger partial charge in [0.1, 0.15) is 6.54 Å². The van der Waals surface area contributed by atoms with Gasteiger partial charge in [-0.3, -0.25) is 0 Å². The maximum Gasteiger partial charge on any atom is 0.406 e. The molecule has 8 heteroatoms. The minimum Gasteiger partial charge on any atom is -0.367 e. The summed E-state index contributed by atoms with van der Waals surface area (Å²) in [7, 11) is 0. The van der Waals surface area contributed by atoms with Crippen LogP contribution in [0, 0.1) is 0 Å². The van der Waals surface area contributed by atoms with Crippen molar-refractivity contribution in [2.45, 2.75) is 13.1 Å². The first kappa shape index (κ1) is 11.0. The fraction of sp³-hybridized carbons (Fsp3) is 0.667. The van der Waals surface area contributed by atoms with E-state index in [1.54, 1.807) is 6.92 Å². The highest BCUT2D eigenvalue weighted by Gasteiger charge is 2.31. The van der Waals surface area contributed by atoms with Crippen molar-refractivity contribution in [3.8, 4) is 0 Å². The van der Waals surface area contributed by atoms with Crippen molar-refractivity contribution in [1.29, 1.82) is 0 Å². The number of nitrogen functional groups attached to an aromatic ring is 1. The Hall–Kier alpha value is -1.05. The van der Waals surface area contributed by atoms with Crippen molar-refractivity contribution in [1.82, 2.24) is 9.36 Å². The molecule has 1 heterocycles. The molecule has 0 aromatic carbocycles. The van der Waals surface area contributed by atoms with Crippen LogP contribution in [0.15, 0.2) is 0 Å². The first-order valence-electron chi connectivity index (χ1n) is 3.83. The van der Waals surface area contributed by atoms with Crippen LogP contribution in [0.3, 0.4) is 0 Å². The highest BCUT2D eigenvalue weighted by atomic mass is 32.1. The van der Waals surface area contributed by atoms with Crippen LogP contribution in [-0.2, 0) is 0 Å². The lowest BCUT2D eigenvalue weighted by molar-refractivity contribution is -0.119. The molecule has 1 aromatic heterocycles. The Balaban J connectivity index is 2.72. The number of hydrogen-bond acceptors (Lipinski definition) is 5. The second-order valence-electron chi connectivity index (χ2n) is 2.56. The smallest absolute Gasteiger partial charge is 0.367 e. The lowest BCUT2D eigenvalue weighted by Gasteiger charge is -2.20. The van der Waals surface area contributed by atoms with Crippen molar-refractivity contribution >= 4 is 22.6 Å². The Kier molecular flexibility index (Phi) is 3.14. The number of nitrogens with two attached hydrogens (primary N) is 1. The van der Waals surface area contributed by atoms with Crippen molar-refractivity contribution in [2.24, 2.45) is 0 Å². The van der Waals surface area contributed by atoms with E-state index in [1.807, 2.05) is 0 Å². The molecule has 14 heavy (non-hydrogen) atoms. The lowest BCUT2D eigenvalue weighted by atomic mass is 10.5. The Bertz CT molecular complexity index is 298. The second-order valence-corrected chi connectivity index (χ2v) is 3.29. The van der Waals surface area contributed by atoms with E-state index < -0.39 is 12.7 Å². The third-order valence-electron chi connectivity index (χ3n) is 1.45. The molecule has 4 nitrogen and oxygen atoms in total. The minimum absolute atomic E-state index is 0.00521. The zero-order valence-electron chi connectivity index (χ0n) is 7.38. The SMILES string of the molecule is CCN(CC(F)(F)F)c1nc(N)ns1. The van der Waals surface area contributed by atoms with Gasteiger partial charge in [0.25, 0.3) is 0 Å². The van der Waals surface area contributed by atoms with Gasteiger partial charge in [-0.05, 0) is 6.92 Å². The number of halogens is 3. The fourth-order valence-corrected chi connectivity index (χ4v) is 1.55. The van der Waals surface area contributed by atoms with Gasteiger partial charge in [0, 0.05) is 18.1 Å². The van der Waals surface area contributed by atoms with Gasteiger partial charge in [0.15, 0.2) is 0 Å². The molecule has 0 saturated carbocycles. The Morgan fingerprint density at radius 3 is 2.50 bits per heavy atom. The van der Waals surface area contributed by atoms with Gasteiger partial charge in [-0.1, -0.05) is 0 Å². The molecule has 0 atom stereocenters. The van der Waals surface area contributed by atoms with Crippen molar-refractivity contribution in [3.05, 3.63) is 0 Å². The molecule has 0 bridgehead atoms. The molecule has 0 aliphatic carbocycles. The summed E-state index contributed by atoms with van der Waals surface area (Å²) >= 11 is 0.863. The minimum atomic E-state index is -4.24. The van der Waals surface area contributed by atoms with Gasteiger partial charge in [0.05, 0.1) is 0 Å². The number of nitrogens with zero attached hydrogens (tertiary/aromatic N) is 3. The summed E-state index contributed by atoms with van der Waals surface area (Å²) in [6.45, 7) is 0.801. The third-order valence-corrected chi connectivity index (χ3v) is 2.24. The molecule has 0 aliphatic rings. The zero-order chi connectivity index (χ0) is 10.8. The molecule has 0 amide bonds. The molecular formula is C6H9F3N4S. The predicted molar refractivity (Wildman–Crippen MR) is 48.3 cm³/mol. The van der Waals surface area contributed by atoms with E-state index in [1.165, 1.54) is 0 Å². The van der Waals surface area contributed by atoms with Gasteiger partial charge in [0.2, 0.25) is 11.1 Å². The molecule has 0 radical (unpaired) electrons. The Morgan fingerprint density at radius 1 is 1.50 bits per heavy atom. The number of rotatable bonds is 3. The molecule has 0 spiro atoms. The molecular weight excluding hydrogens is 217 g/mol. The first-order valence-corrected chi connectivity index (χ1v) is 4.60. The predicted octanol–water partition coefficient (Wildman–Crippen LogP) is 1.51. The standard InChI is InChI=1S/C6H9F3N4S/c1-2-13(3-6(7,8)9)5-11-4(10)12-14-5/h2-3H2,1H3,(H2,10,12). The molecule has 1 aromatic rings. The summed E-state index contributed by atoms with van der Waals surface area (Å²) in [5.41, 5.74) is 5.22. The third kappa shape index (κ3) is 3.02. The summed E-state index contributed by atoms with van der Waals surface area (Å²) in [6, 6.07) is 0. The Morgan fingerprint density at radius 2 is 2.14 bits per heavy atom. The normalized spacial score (nSPS) is 11.7. The zero-order valence-corrected chi connectivity index (χ0v) is 8.19. The summed E-state index contributed by atoms with van der Waals surface area (Å²) in [5.74, 6) is 0.00521. The van der Waals surface area contributed by atoms with E-state index in [-0.39, 0.29) is 17.6 Å². The van der Waals surface area contributed by atoms with Crippen LogP contribution in [0.1, 0.15) is 6.92 Å². The van der Waals surface area contributed by atoms with Gasteiger partial charge >= 0.3 is 6.18 Å². The lowest BCUT2D eigenvalue weighted by Crippen LogP contribution is -2.33. The number of aromatic nitrogens is 2. The quantitative estimate of drug-likeness (QED) is 0.848. The van der Waals surface area contributed by atoms with E-state index in [0.717, 1.165) is 16.4 Å². The molecule has 0 fully saturated rings. The molecule has 0 aliphatic heterocycles. The van der Waals surface area contributed by atoms with Gasteiger partial charge in [-0.2, -0.15) is 22.5 Å². The van der Waals surface area contributed by atoms with Crippen LogP contribution in [0.5, 0.6) is 0 Å². The average molecular weight is 226 g/mol. The van der Waals surface area contributed by atoms with Crippen LogP contribution < -0.4 is 10.6 Å². The van der Waals surface area contributed by atoms with Crippen molar-refractivity contribution in [3.63, 3.8) is 0 Å². The van der Waals surface area contributed by atoms with E-state index in [4.69, 9.17) is 5.73 Å². The number of anilines is 2. The molecule has 2 N–H and O–H groups in total. The first-order chi connectivity index (χ1) is 6.42. The van der Waals surface area contributed by atoms with Gasteiger partial charge < -0.3 is 10.6 Å². The van der Waals surface area contributed by atoms with Crippen molar-refractivity contribution in [2.75, 3.05) is 23.7 Å². The van der Waals surface area contributed by atoms with E-state index in [2.05, 4.69) is 9.36 Å². The molecule has 1 rings (SSSR count). The molecule has 80 valence electrons. The summed E-state index contributed by atoms with van der Waals surface area (Å²) in [6.07, 6.45) is -4.24. The van der Waals surface area contributed by atoms with Crippen LogP contribution in [0.4, 0.5) is 24.3 Å². The summed E-state index contributed by atoms with van der Waals surface area (Å²) in [4.78, 5) is 4.75. The largest absolute Gasteiger partial charge is 0.406 e. The summed E-state index contributed by atoms with van der Waals surface area (Å²) in [5, 5.41) is 0.197. The average Bonchev–Trinajstić information content (AvgIpc) is 2.46. The van der Waals surface area contributed by atoms with E-state index in [0.29, 0.717) is 0 Å². The number of hydrogen-bond donors (Lipinski definition) is 1. The summed E-state index contributed by atoms with van der Waals surface area (Å²) < 4.78 is 39.8. The highest BCUT2D eigenvalue weighted by molar-refractivity contribution is 7.09. The molecule has 0 saturated heterocycles. The van der Waals surface area contributed by atoms with E-state index >= 15 is 0 Å². The van der Waals surface area contributed by atoms with Gasteiger partial charge in [-0.15, -0.1) is 0 Å². The monoisotopic (exact) mass is 226 g/mol. The highest BCUT2D eigenvalue weighted by Crippen LogP contribution is 2.23. The van der Waals surface area contributed by atoms with Crippen LogP contribution >= 0.6 is 11.5 Å². The molecule has 0 unspecified atom stereocenters. The second kappa shape index (κ2) is 3.99. The Labute approximate surface area is 82.7 Å². The fourth-order valence-electron chi connectivity index (χ4n) is 0.886. The van der Waals surface area contributed by atoms with E-state index in [9.17, 15) is 13.2 Å².